The molecule has 1 amide bonds. The van der Waals surface area contributed by atoms with Gasteiger partial charge in [-0.05, 0) is 30.5 Å². The Morgan fingerprint density at radius 3 is 2.23 bits per heavy atom. The maximum atomic E-state index is 13.0. The van der Waals surface area contributed by atoms with Crippen LogP contribution in [0.2, 0.25) is 0 Å². The fourth-order valence-electron chi connectivity index (χ4n) is 3.82. The molecule has 1 saturated heterocycles. The van der Waals surface area contributed by atoms with Gasteiger partial charge in [-0.1, -0.05) is 12.1 Å². The molecule has 9 nitrogen and oxygen atoms in total. The molecule has 0 radical (unpaired) electrons. The van der Waals surface area contributed by atoms with Crippen LogP contribution in [0.3, 0.4) is 0 Å². The summed E-state index contributed by atoms with van der Waals surface area (Å²) in [7, 11) is 4.40. The van der Waals surface area contributed by atoms with E-state index in [1.165, 1.54) is 26.4 Å². The van der Waals surface area contributed by atoms with Crippen LogP contribution in [0.5, 0.6) is 17.2 Å². The van der Waals surface area contributed by atoms with Crippen LogP contribution in [0.15, 0.2) is 36.4 Å². The lowest BCUT2D eigenvalue weighted by Gasteiger charge is -2.38. The Kier molecular flexibility index (Phi) is 6.96. The van der Waals surface area contributed by atoms with E-state index in [2.05, 4.69) is 5.32 Å². The number of carbonyl (C=O) groups is 1. The first-order valence-corrected chi connectivity index (χ1v) is 9.85. The third kappa shape index (κ3) is 4.72. The number of nitrogens with zero attached hydrogens (tertiary/aromatic N) is 1. The maximum absolute atomic E-state index is 13.0. The minimum Gasteiger partial charge on any atom is -0.497 e. The molecular formula is C22H26N2O7. The molecule has 0 aromatic heterocycles. The lowest BCUT2D eigenvalue weighted by molar-refractivity contribution is -0.385. The van der Waals surface area contributed by atoms with Crippen molar-refractivity contribution in [3.63, 3.8) is 0 Å². The molecule has 0 bridgehead atoms. The van der Waals surface area contributed by atoms with E-state index >= 15 is 0 Å². The van der Waals surface area contributed by atoms with E-state index in [4.69, 9.17) is 18.9 Å². The normalized spacial score (nSPS) is 15.1. The Labute approximate surface area is 180 Å². The number of rotatable bonds is 8. The van der Waals surface area contributed by atoms with Crippen molar-refractivity contribution in [2.24, 2.45) is 0 Å². The van der Waals surface area contributed by atoms with E-state index in [-0.39, 0.29) is 28.2 Å². The number of benzene rings is 2. The van der Waals surface area contributed by atoms with E-state index in [0.29, 0.717) is 32.6 Å². The first-order valence-electron chi connectivity index (χ1n) is 9.85. The van der Waals surface area contributed by atoms with Gasteiger partial charge in [-0.25, -0.2) is 0 Å². The van der Waals surface area contributed by atoms with Gasteiger partial charge in [-0.15, -0.1) is 0 Å². The highest BCUT2D eigenvalue weighted by Crippen LogP contribution is 2.37. The van der Waals surface area contributed by atoms with Crippen molar-refractivity contribution >= 4 is 11.6 Å². The minimum absolute atomic E-state index is 0.0837. The Hall–Kier alpha value is -3.33. The largest absolute Gasteiger partial charge is 0.497 e. The van der Waals surface area contributed by atoms with Gasteiger partial charge >= 0.3 is 0 Å². The molecule has 0 spiro atoms. The smallest absolute Gasteiger partial charge is 0.286 e. The number of carbonyl (C=O) groups excluding carboxylic acids is 1. The van der Waals surface area contributed by atoms with Crippen molar-refractivity contribution < 1.29 is 28.7 Å². The van der Waals surface area contributed by atoms with Crippen molar-refractivity contribution in [1.29, 1.82) is 0 Å². The topological polar surface area (TPSA) is 109 Å². The van der Waals surface area contributed by atoms with Gasteiger partial charge in [0.05, 0.1) is 32.3 Å². The molecule has 1 aliphatic heterocycles. The first kappa shape index (κ1) is 22.4. The minimum atomic E-state index is -0.607. The molecule has 1 fully saturated rings. The van der Waals surface area contributed by atoms with Crippen LogP contribution in [0.1, 0.15) is 28.8 Å². The average Bonchev–Trinajstić information content (AvgIpc) is 2.82. The monoisotopic (exact) mass is 430 g/mol. The van der Waals surface area contributed by atoms with E-state index in [0.717, 1.165) is 11.3 Å². The molecule has 1 N–H and O–H groups in total. The molecule has 2 aromatic rings. The summed E-state index contributed by atoms with van der Waals surface area (Å²) in [5.41, 5.74) is 0.282. The lowest BCUT2D eigenvalue weighted by atomic mass is 9.74. The summed E-state index contributed by atoms with van der Waals surface area (Å²) in [4.78, 5) is 23.9. The summed E-state index contributed by atoms with van der Waals surface area (Å²) in [5, 5.41) is 14.4. The summed E-state index contributed by atoms with van der Waals surface area (Å²) in [6.45, 7) is 1.45. The first-order chi connectivity index (χ1) is 14.9. The zero-order chi connectivity index (χ0) is 22.4. The second-order valence-corrected chi connectivity index (χ2v) is 7.29. The number of methoxy groups -OCH3 is 3. The van der Waals surface area contributed by atoms with E-state index in [9.17, 15) is 14.9 Å². The van der Waals surface area contributed by atoms with Crippen LogP contribution < -0.4 is 19.5 Å². The fourth-order valence-corrected chi connectivity index (χ4v) is 3.82. The van der Waals surface area contributed by atoms with E-state index < -0.39 is 10.8 Å². The molecule has 1 heterocycles. The SMILES string of the molecule is COc1ccc(C2(CNC(=O)c3cc(OC)c(OC)cc3[N+](=O)[O-])CCOCC2)cc1. The molecule has 0 saturated carbocycles. The number of nitrogens with one attached hydrogen (secondary N) is 1. The van der Waals surface area contributed by atoms with Crippen LogP contribution in [0.4, 0.5) is 5.69 Å². The standard InChI is InChI=1S/C22H26N2O7/c1-28-16-6-4-15(5-7-16)22(8-10-31-11-9-22)14-23-21(25)17-12-19(29-2)20(30-3)13-18(17)24(26)27/h4-7,12-13H,8-11,14H2,1-3H3,(H,23,25). The van der Waals surface area contributed by atoms with Gasteiger partial charge in [-0.3, -0.25) is 14.9 Å². The number of hydrogen-bond acceptors (Lipinski definition) is 7. The van der Waals surface area contributed by atoms with Gasteiger partial charge in [-0.2, -0.15) is 0 Å². The number of nitro benzene ring substituents is 1. The molecule has 2 aromatic carbocycles. The highest BCUT2D eigenvalue weighted by atomic mass is 16.6. The molecule has 31 heavy (non-hydrogen) atoms. The maximum Gasteiger partial charge on any atom is 0.286 e. The van der Waals surface area contributed by atoms with Gasteiger partial charge in [0.1, 0.15) is 11.3 Å². The predicted octanol–water partition coefficient (Wildman–Crippen LogP) is 3.10. The van der Waals surface area contributed by atoms with Crippen LogP contribution in [-0.2, 0) is 10.2 Å². The average molecular weight is 430 g/mol. The zero-order valence-corrected chi connectivity index (χ0v) is 17.8. The number of amides is 1. The Morgan fingerprint density at radius 1 is 1.06 bits per heavy atom. The van der Waals surface area contributed by atoms with Gasteiger partial charge in [0.15, 0.2) is 11.5 Å². The van der Waals surface area contributed by atoms with E-state index in [1.54, 1.807) is 7.11 Å². The van der Waals surface area contributed by atoms with Crippen LogP contribution in [-0.4, -0.2) is 51.9 Å². The molecule has 9 heteroatoms. The molecule has 0 atom stereocenters. The number of nitro groups is 1. The molecule has 0 aliphatic carbocycles. The Balaban J connectivity index is 1.88. The highest BCUT2D eigenvalue weighted by molar-refractivity contribution is 5.99. The molecule has 166 valence electrons. The third-order valence-electron chi connectivity index (χ3n) is 5.68. The van der Waals surface area contributed by atoms with Gasteiger partial charge in [0.25, 0.3) is 11.6 Å². The summed E-state index contributed by atoms with van der Waals surface area (Å²) >= 11 is 0. The highest BCUT2D eigenvalue weighted by Gasteiger charge is 2.36. The van der Waals surface area contributed by atoms with Crippen molar-refractivity contribution in [1.82, 2.24) is 5.32 Å². The summed E-state index contributed by atoms with van der Waals surface area (Å²) in [6, 6.07) is 10.3. The predicted molar refractivity (Wildman–Crippen MR) is 113 cm³/mol. The zero-order valence-electron chi connectivity index (χ0n) is 17.8. The second kappa shape index (κ2) is 9.65. The van der Waals surface area contributed by atoms with Gasteiger partial charge < -0.3 is 24.3 Å². The Morgan fingerprint density at radius 2 is 1.68 bits per heavy atom. The summed E-state index contributed by atoms with van der Waals surface area (Å²) < 4.78 is 21.1. The summed E-state index contributed by atoms with van der Waals surface area (Å²) in [5.74, 6) is 0.627. The molecule has 1 aliphatic rings. The van der Waals surface area contributed by atoms with Gasteiger partial charge in [0.2, 0.25) is 0 Å². The van der Waals surface area contributed by atoms with Gasteiger partial charge in [0, 0.05) is 31.2 Å². The van der Waals surface area contributed by atoms with Crippen molar-refractivity contribution in [2.45, 2.75) is 18.3 Å². The summed E-state index contributed by atoms with van der Waals surface area (Å²) in [6.07, 6.45) is 1.43. The molecule has 3 rings (SSSR count). The number of ether oxygens (including phenoxy) is 4. The second-order valence-electron chi connectivity index (χ2n) is 7.29. The molecule has 0 unspecified atom stereocenters. The van der Waals surface area contributed by atoms with Crippen molar-refractivity contribution in [3.05, 3.63) is 57.6 Å². The van der Waals surface area contributed by atoms with Crippen LogP contribution >= 0.6 is 0 Å². The fraction of sp³-hybridized carbons (Fsp3) is 0.409. The Bertz CT molecular complexity index is 938. The molecular weight excluding hydrogens is 404 g/mol. The lowest BCUT2D eigenvalue weighted by Crippen LogP contribution is -2.44. The van der Waals surface area contributed by atoms with Crippen molar-refractivity contribution in [2.75, 3.05) is 41.1 Å². The number of hydrogen-bond donors (Lipinski definition) is 1. The quantitative estimate of drug-likeness (QED) is 0.506. The van der Waals surface area contributed by atoms with Crippen LogP contribution in [0.25, 0.3) is 0 Å². The van der Waals surface area contributed by atoms with Crippen LogP contribution in [0, 0.1) is 10.1 Å². The third-order valence-corrected chi connectivity index (χ3v) is 5.68. The van der Waals surface area contributed by atoms with Crippen molar-refractivity contribution in [3.8, 4) is 17.2 Å². The van der Waals surface area contributed by atoms with E-state index in [1.807, 2.05) is 24.3 Å².